The summed E-state index contributed by atoms with van der Waals surface area (Å²) in [7, 11) is 0. The van der Waals surface area contributed by atoms with Gasteiger partial charge in [0, 0.05) is 30.8 Å². The normalized spacial score (nSPS) is 10.2. The zero-order chi connectivity index (χ0) is 15.2. The van der Waals surface area contributed by atoms with E-state index in [-0.39, 0.29) is 0 Å². The molecule has 22 heavy (non-hydrogen) atoms. The molecule has 0 aliphatic rings. The number of nitrogens with zero attached hydrogens (tertiary/aromatic N) is 3. The zero-order valence-electron chi connectivity index (χ0n) is 12.3. The minimum atomic E-state index is 0.578. The van der Waals surface area contributed by atoms with Crippen molar-refractivity contribution in [3.05, 3.63) is 72.2 Å². The summed E-state index contributed by atoms with van der Waals surface area (Å²) in [6, 6.07) is 13.9. The molecule has 0 amide bonds. The Hall–Kier alpha value is -2.95. The molecule has 0 aliphatic heterocycles. The van der Waals surface area contributed by atoms with Gasteiger partial charge in [0.25, 0.3) is 0 Å². The maximum atomic E-state index is 4.48. The number of benzene rings is 1. The van der Waals surface area contributed by atoms with Gasteiger partial charge in [0.1, 0.15) is 5.82 Å². The first-order chi connectivity index (χ1) is 10.8. The fourth-order valence-electron chi connectivity index (χ4n) is 2.04. The first-order valence-corrected chi connectivity index (χ1v) is 7.10. The van der Waals surface area contributed by atoms with Crippen molar-refractivity contribution in [3.63, 3.8) is 0 Å². The quantitative estimate of drug-likeness (QED) is 0.753. The zero-order valence-corrected chi connectivity index (χ0v) is 12.3. The van der Waals surface area contributed by atoms with Crippen LogP contribution in [0.15, 0.2) is 61.1 Å². The molecular weight excluding hydrogens is 274 g/mol. The number of para-hydroxylation sites is 1. The van der Waals surface area contributed by atoms with Gasteiger partial charge in [-0.2, -0.15) is 4.98 Å². The van der Waals surface area contributed by atoms with E-state index in [4.69, 9.17) is 0 Å². The molecule has 0 atom stereocenters. The highest BCUT2D eigenvalue weighted by atomic mass is 15.1. The van der Waals surface area contributed by atoms with E-state index in [0.29, 0.717) is 12.5 Å². The average molecular weight is 291 g/mol. The molecule has 0 bridgehead atoms. The number of aryl methyl sites for hydroxylation is 1. The Labute approximate surface area is 129 Å². The smallest absolute Gasteiger partial charge is 0.229 e. The van der Waals surface area contributed by atoms with E-state index in [1.165, 1.54) is 0 Å². The van der Waals surface area contributed by atoms with E-state index >= 15 is 0 Å². The molecule has 0 aliphatic carbocycles. The van der Waals surface area contributed by atoms with Crippen LogP contribution >= 0.6 is 0 Å². The van der Waals surface area contributed by atoms with Gasteiger partial charge < -0.3 is 10.6 Å². The third-order valence-corrected chi connectivity index (χ3v) is 3.27. The molecule has 0 fully saturated rings. The van der Waals surface area contributed by atoms with Gasteiger partial charge in [-0.3, -0.25) is 4.98 Å². The number of anilines is 3. The minimum Gasteiger partial charge on any atom is -0.366 e. The Kier molecular flexibility index (Phi) is 4.25. The Bertz CT molecular complexity index is 743. The van der Waals surface area contributed by atoms with Crippen LogP contribution in [0.1, 0.15) is 11.1 Å². The third kappa shape index (κ3) is 3.58. The summed E-state index contributed by atoms with van der Waals surface area (Å²) in [5, 5.41) is 6.52. The predicted molar refractivity (Wildman–Crippen MR) is 88.1 cm³/mol. The summed E-state index contributed by atoms with van der Waals surface area (Å²) >= 11 is 0. The van der Waals surface area contributed by atoms with Gasteiger partial charge in [0.05, 0.1) is 0 Å². The molecule has 2 heterocycles. The van der Waals surface area contributed by atoms with Gasteiger partial charge in [-0.1, -0.05) is 18.2 Å². The van der Waals surface area contributed by atoms with Crippen LogP contribution in [0.2, 0.25) is 0 Å². The van der Waals surface area contributed by atoms with E-state index in [9.17, 15) is 0 Å². The maximum Gasteiger partial charge on any atom is 0.229 e. The predicted octanol–water partition coefficient (Wildman–Crippen LogP) is 3.54. The van der Waals surface area contributed by atoms with Crippen LogP contribution in [0.25, 0.3) is 0 Å². The van der Waals surface area contributed by atoms with Crippen LogP contribution < -0.4 is 10.6 Å². The second-order valence-electron chi connectivity index (χ2n) is 4.91. The fourth-order valence-corrected chi connectivity index (χ4v) is 2.04. The molecule has 110 valence electrons. The van der Waals surface area contributed by atoms with Crippen molar-refractivity contribution >= 4 is 17.5 Å². The molecule has 0 radical (unpaired) electrons. The lowest BCUT2D eigenvalue weighted by atomic mass is 10.2. The van der Waals surface area contributed by atoms with E-state index in [2.05, 4.69) is 25.6 Å². The number of rotatable bonds is 5. The van der Waals surface area contributed by atoms with Crippen LogP contribution in [0, 0.1) is 6.92 Å². The van der Waals surface area contributed by atoms with E-state index in [1.54, 1.807) is 18.6 Å². The lowest BCUT2D eigenvalue weighted by Crippen LogP contribution is -2.04. The van der Waals surface area contributed by atoms with Crippen molar-refractivity contribution in [2.24, 2.45) is 0 Å². The van der Waals surface area contributed by atoms with Crippen LogP contribution in [0.3, 0.4) is 0 Å². The molecule has 0 unspecified atom stereocenters. The van der Waals surface area contributed by atoms with Crippen LogP contribution in [0.4, 0.5) is 17.5 Å². The first-order valence-electron chi connectivity index (χ1n) is 7.10. The third-order valence-electron chi connectivity index (χ3n) is 3.27. The molecule has 3 rings (SSSR count). The summed E-state index contributed by atoms with van der Waals surface area (Å²) in [4.78, 5) is 12.7. The number of nitrogens with one attached hydrogen (secondary N) is 2. The van der Waals surface area contributed by atoms with Gasteiger partial charge in [-0.25, -0.2) is 4.98 Å². The summed E-state index contributed by atoms with van der Waals surface area (Å²) < 4.78 is 0. The highest BCUT2D eigenvalue weighted by molar-refractivity contribution is 5.58. The Balaban J connectivity index is 1.69. The topological polar surface area (TPSA) is 62.7 Å². The Morgan fingerprint density at radius 2 is 1.77 bits per heavy atom. The highest BCUT2D eigenvalue weighted by Crippen LogP contribution is 2.18. The summed E-state index contributed by atoms with van der Waals surface area (Å²) in [5.41, 5.74) is 3.32. The second kappa shape index (κ2) is 6.67. The number of pyridine rings is 1. The Morgan fingerprint density at radius 1 is 0.955 bits per heavy atom. The molecule has 5 nitrogen and oxygen atoms in total. The first kappa shape index (κ1) is 14.0. The van der Waals surface area contributed by atoms with Crippen molar-refractivity contribution < 1.29 is 0 Å². The average Bonchev–Trinajstić information content (AvgIpc) is 2.57. The maximum absolute atomic E-state index is 4.48. The molecular formula is C17H17N5. The molecule has 3 aromatic rings. The number of hydrogen-bond donors (Lipinski definition) is 2. The van der Waals surface area contributed by atoms with Crippen LogP contribution in [-0.2, 0) is 6.54 Å². The van der Waals surface area contributed by atoms with Crippen molar-refractivity contribution in [1.29, 1.82) is 0 Å². The van der Waals surface area contributed by atoms with Crippen LogP contribution in [-0.4, -0.2) is 15.0 Å². The summed E-state index contributed by atoms with van der Waals surface area (Å²) in [6.07, 6.45) is 5.30. The fraction of sp³-hybridized carbons (Fsp3) is 0.118. The van der Waals surface area contributed by atoms with Gasteiger partial charge in [0.15, 0.2) is 0 Å². The number of aromatic nitrogens is 3. The van der Waals surface area contributed by atoms with Crippen molar-refractivity contribution in [2.75, 3.05) is 10.6 Å². The van der Waals surface area contributed by atoms with Gasteiger partial charge in [0.2, 0.25) is 5.95 Å². The van der Waals surface area contributed by atoms with E-state index in [1.807, 2.05) is 49.4 Å². The molecule has 0 saturated heterocycles. The lowest BCUT2D eigenvalue weighted by molar-refractivity contribution is 1.07. The van der Waals surface area contributed by atoms with Crippen molar-refractivity contribution in [2.45, 2.75) is 13.5 Å². The van der Waals surface area contributed by atoms with Gasteiger partial charge in [-0.05, 0) is 42.3 Å². The second-order valence-corrected chi connectivity index (χ2v) is 4.91. The number of hydrogen-bond acceptors (Lipinski definition) is 5. The van der Waals surface area contributed by atoms with E-state index < -0.39 is 0 Å². The van der Waals surface area contributed by atoms with Gasteiger partial charge >= 0.3 is 0 Å². The molecule has 0 spiro atoms. The highest BCUT2D eigenvalue weighted by Gasteiger charge is 2.02. The largest absolute Gasteiger partial charge is 0.366 e. The molecule has 1 aromatic carbocycles. The van der Waals surface area contributed by atoms with Crippen molar-refractivity contribution in [1.82, 2.24) is 15.0 Å². The Morgan fingerprint density at radius 3 is 2.59 bits per heavy atom. The van der Waals surface area contributed by atoms with E-state index in [0.717, 1.165) is 22.6 Å². The standard InChI is InChI=1S/C17H17N5/c1-13-4-2-3-5-15(13)21-17-19-11-8-16(22-17)20-12-14-6-9-18-10-7-14/h2-11H,12H2,1H3,(H2,19,20,21,22). The molecule has 0 saturated carbocycles. The molecule has 5 heteroatoms. The molecule has 2 aromatic heterocycles. The lowest BCUT2D eigenvalue weighted by Gasteiger charge is -2.10. The minimum absolute atomic E-state index is 0.578. The van der Waals surface area contributed by atoms with Crippen molar-refractivity contribution in [3.8, 4) is 0 Å². The summed E-state index contributed by atoms with van der Waals surface area (Å²) in [6.45, 7) is 2.75. The van der Waals surface area contributed by atoms with Crippen LogP contribution in [0.5, 0.6) is 0 Å². The SMILES string of the molecule is Cc1ccccc1Nc1nccc(NCc2ccncc2)n1. The summed E-state index contributed by atoms with van der Waals surface area (Å²) in [5.74, 6) is 1.36. The monoisotopic (exact) mass is 291 g/mol. The van der Waals surface area contributed by atoms with Gasteiger partial charge in [-0.15, -0.1) is 0 Å². The molecule has 2 N–H and O–H groups in total.